The standard InChI is InChI=1S/C9H14N2O2/c1-3-7(9(12)13)8-5-6-10-11(8)4-2/h5-7H,3-4H2,1-2H3,(H,12,13). The van der Waals surface area contributed by atoms with Gasteiger partial charge in [0.2, 0.25) is 0 Å². The minimum absolute atomic E-state index is 0.428. The fourth-order valence-corrected chi connectivity index (χ4v) is 1.41. The molecule has 0 spiro atoms. The highest BCUT2D eigenvalue weighted by Gasteiger charge is 2.20. The van der Waals surface area contributed by atoms with E-state index in [1.165, 1.54) is 0 Å². The third-order valence-electron chi connectivity index (χ3n) is 2.11. The predicted molar refractivity (Wildman–Crippen MR) is 48.6 cm³/mol. The minimum Gasteiger partial charge on any atom is -0.481 e. The average Bonchev–Trinajstić information content (AvgIpc) is 2.53. The summed E-state index contributed by atoms with van der Waals surface area (Å²) >= 11 is 0. The highest BCUT2D eigenvalue weighted by Crippen LogP contribution is 2.18. The Balaban J connectivity index is 2.96. The van der Waals surface area contributed by atoms with Crippen LogP contribution in [0.1, 0.15) is 31.9 Å². The van der Waals surface area contributed by atoms with Crippen molar-refractivity contribution >= 4 is 5.97 Å². The molecule has 1 heterocycles. The van der Waals surface area contributed by atoms with Crippen molar-refractivity contribution in [3.05, 3.63) is 18.0 Å². The number of rotatable bonds is 4. The van der Waals surface area contributed by atoms with Gasteiger partial charge >= 0.3 is 5.97 Å². The number of aryl methyl sites for hydroxylation is 1. The second kappa shape index (κ2) is 4.07. The van der Waals surface area contributed by atoms with E-state index >= 15 is 0 Å². The van der Waals surface area contributed by atoms with Gasteiger partial charge in [-0.15, -0.1) is 0 Å². The Morgan fingerprint density at radius 3 is 2.85 bits per heavy atom. The summed E-state index contributed by atoms with van der Waals surface area (Å²) < 4.78 is 1.72. The lowest BCUT2D eigenvalue weighted by Crippen LogP contribution is -2.15. The third-order valence-corrected chi connectivity index (χ3v) is 2.11. The van der Waals surface area contributed by atoms with E-state index in [4.69, 9.17) is 5.11 Å². The molecule has 0 saturated carbocycles. The molecule has 1 aromatic heterocycles. The summed E-state index contributed by atoms with van der Waals surface area (Å²) in [7, 11) is 0. The van der Waals surface area contributed by atoms with E-state index in [-0.39, 0.29) is 0 Å². The quantitative estimate of drug-likeness (QED) is 0.767. The first-order valence-electron chi connectivity index (χ1n) is 4.45. The van der Waals surface area contributed by atoms with E-state index in [0.717, 1.165) is 5.69 Å². The van der Waals surface area contributed by atoms with Gasteiger partial charge in [-0.25, -0.2) is 0 Å². The van der Waals surface area contributed by atoms with Gasteiger partial charge in [0, 0.05) is 12.7 Å². The average molecular weight is 182 g/mol. The van der Waals surface area contributed by atoms with Crippen molar-refractivity contribution in [2.24, 2.45) is 0 Å². The Morgan fingerprint density at radius 2 is 2.38 bits per heavy atom. The zero-order valence-corrected chi connectivity index (χ0v) is 7.90. The summed E-state index contributed by atoms with van der Waals surface area (Å²) in [5, 5.41) is 13.0. The van der Waals surface area contributed by atoms with Crippen LogP contribution in [0.2, 0.25) is 0 Å². The summed E-state index contributed by atoms with van der Waals surface area (Å²) in [5.74, 6) is -1.21. The van der Waals surface area contributed by atoms with Gasteiger partial charge in [-0.1, -0.05) is 6.92 Å². The lowest BCUT2D eigenvalue weighted by atomic mass is 10.0. The molecule has 0 aliphatic rings. The van der Waals surface area contributed by atoms with Crippen LogP contribution in [-0.2, 0) is 11.3 Å². The van der Waals surface area contributed by atoms with Gasteiger partial charge in [-0.3, -0.25) is 9.48 Å². The molecule has 0 saturated heterocycles. The summed E-state index contributed by atoms with van der Waals surface area (Å²) in [5.41, 5.74) is 0.789. The number of aromatic nitrogens is 2. The van der Waals surface area contributed by atoms with Crippen molar-refractivity contribution in [2.75, 3.05) is 0 Å². The van der Waals surface area contributed by atoms with Crippen molar-refractivity contribution in [3.8, 4) is 0 Å². The number of aliphatic carboxylic acids is 1. The first-order valence-corrected chi connectivity index (χ1v) is 4.45. The first-order chi connectivity index (χ1) is 6.20. The zero-order chi connectivity index (χ0) is 9.84. The zero-order valence-electron chi connectivity index (χ0n) is 7.90. The Kier molecular flexibility index (Phi) is 3.06. The molecule has 1 aromatic rings. The number of carbonyl (C=O) groups is 1. The van der Waals surface area contributed by atoms with E-state index < -0.39 is 11.9 Å². The van der Waals surface area contributed by atoms with Crippen molar-refractivity contribution in [2.45, 2.75) is 32.7 Å². The van der Waals surface area contributed by atoms with Gasteiger partial charge in [0.25, 0.3) is 0 Å². The molecule has 0 fully saturated rings. The molecule has 0 aliphatic carbocycles. The Bertz CT molecular complexity index is 294. The van der Waals surface area contributed by atoms with E-state index in [1.54, 1.807) is 16.9 Å². The molecule has 72 valence electrons. The highest BCUT2D eigenvalue weighted by atomic mass is 16.4. The predicted octanol–water partition coefficient (Wildman–Crippen LogP) is 1.48. The molecular weight excluding hydrogens is 168 g/mol. The number of carboxylic acid groups (broad SMARTS) is 1. The molecule has 13 heavy (non-hydrogen) atoms. The van der Waals surface area contributed by atoms with Crippen LogP contribution in [0.5, 0.6) is 0 Å². The maximum absolute atomic E-state index is 10.9. The number of hydrogen-bond donors (Lipinski definition) is 1. The molecule has 0 aromatic carbocycles. The second-order valence-electron chi connectivity index (χ2n) is 2.87. The van der Waals surface area contributed by atoms with Crippen molar-refractivity contribution in [3.63, 3.8) is 0 Å². The van der Waals surface area contributed by atoms with E-state index in [0.29, 0.717) is 13.0 Å². The smallest absolute Gasteiger partial charge is 0.312 e. The third kappa shape index (κ3) is 1.88. The summed E-state index contributed by atoms with van der Waals surface area (Å²) in [6.07, 6.45) is 2.24. The molecule has 0 aliphatic heterocycles. The van der Waals surface area contributed by atoms with Gasteiger partial charge in [0.05, 0.1) is 11.6 Å². The van der Waals surface area contributed by atoms with Crippen LogP contribution < -0.4 is 0 Å². The van der Waals surface area contributed by atoms with Crippen LogP contribution in [0.3, 0.4) is 0 Å². The minimum atomic E-state index is -0.780. The lowest BCUT2D eigenvalue weighted by molar-refractivity contribution is -0.139. The Hall–Kier alpha value is -1.32. The van der Waals surface area contributed by atoms with Crippen LogP contribution >= 0.6 is 0 Å². The molecule has 0 bridgehead atoms. The van der Waals surface area contributed by atoms with Crippen molar-refractivity contribution < 1.29 is 9.90 Å². The van der Waals surface area contributed by atoms with E-state index in [9.17, 15) is 4.79 Å². The van der Waals surface area contributed by atoms with Crippen molar-refractivity contribution in [1.29, 1.82) is 0 Å². The van der Waals surface area contributed by atoms with Gasteiger partial charge in [0.1, 0.15) is 0 Å². The molecule has 1 atom stereocenters. The van der Waals surface area contributed by atoms with Gasteiger partial charge in [-0.05, 0) is 19.4 Å². The summed E-state index contributed by atoms with van der Waals surface area (Å²) in [4.78, 5) is 10.9. The summed E-state index contributed by atoms with van der Waals surface area (Å²) in [6.45, 7) is 4.53. The van der Waals surface area contributed by atoms with Gasteiger partial charge < -0.3 is 5.11 Å². The largest absolute Gasteiger partial charge is 0.481 e. The second-order valence-corrected chi connectivity index (χ2v) is 2.87. The molecule has 4 nitrogen and oxygen atoms in total. The van der Waals surface area contributed by atoms with Crippen molar-refractivity contribution in [1.82, 2.24) is 9.78 Å². The lowest BCUT2D eigenvalue weighted by Gasteiger charge is -2.10. The van der Waals surface area contributed by atoms with Crippen LogP contribution in [0.4, 0.5) is 0 Å². The molecule has 1 unspecified atom stereocenters. The van der Waals surface area contributed by atoms with Crippen LogP contribution in [0.15, 0.2) is 12.3 Å². The number of nitrogens with zero attached hydrogens (tertiary/aromatic N) is 2. The Labute approximate surface area is 77.2 Å². The SMILES string of the molecule is CCC(C(=O)O)c1ccnn1CC. The van der Waals surface area contributed by atoms with Crippen LogP contribution in [0.25, 0.3) is 0 Å². The molecule has 4 heteroatoms. The normalized spacial score (nSPS) is 12.8. The molecular formula is C9H14N2O2. The molecule has 1 rings (SSSR count). The molecule has 1 N–H and O–H groups in total. The van der Waals surface area contributed by atoms with E-state index in [1.807, 2.05) is 13.8 Å². The topological polar surface area (TPSA) is 55.1 Å². The highest BCUT2D eigenvalue weighted by molar-refractivity contribution is 5.75. The molecule has 0 amide bonds. The number of carboxylic acids is 1. The molecule has 0 radical (unpaired) electrons. The monoisotopic (exact) mass is 182 g/mol. The summed E-state index contributed by atoms with van der Waals surface area (Å²) in [6, 6.07) is 1.77. The van der Waals surface area contributed by atoms with E-state index in [2.05, 4.69) is 5.10 Å². The Morgan fingerprint density at radius 1 is 1.69 bits per heavy atom. The van der Waals surface area contributed by atoms with Crippen LogP contribution in [0, 0.1) is 0 Å². The van der Waals surface area contributed by atoms with Gasteiger partial charge in [0.15, 0.2) is 0 Å². The first kappa shape index (κ1) is 9.77. The van der Waals surface area contributed by atoms with Crippen LogP contribution in [-0.4, -0.2) is 20.9 Å². The maximum Gasteiger partial charge on any atom is 0.312 e. The van der Waals surface area contributed by atoms with Gasteiger partial charge in [-0.2, -0.15) is 5.10 Å². The fraction of sp³-hybridized carbons (Fsp3) is 0.556. The number of hydrogen-bond acceptors (Lipinski definition) is 2. The fourth-order valence-electron chi connectivity index (χ4n) is 1.41. The maximum atomic E-state index is 10.9.